The fraction of sp³-hybridized carbons (Fsp3) is 0.217. The van der Waals surface area contributed by atoms with Gasteiger partial charge in [-0.15, -0.1) is 11.3 Å². The molecule has 5 rings (SSSR count). The van der Waals surface area contributed by atoms with Crippen molar-refractivity contribution in [3.05, 3.63) is 76.4 Å². The van der Waals surface area contributed by atoms with Gasteiger partial charge in [0.05, 0.1) is 15.6 Å². The summed E-state index contributed by atoms with van der Waals surface area (Å²) in [7, 11) is -3.89. The van der Waals surface area contributed by atoms with Crippen molar-refractivity contribution >= 4 is 65.6 Å². The lowest BCUT2D eigenvalue weighted by Crippen LogP contribution is -2.47. The van der Waals surface area contributed by atoms with Crippen LogP contribution in [0.3, 0.4) is 0 Å². The van der Waals surface area contributed by atoms with Crippen LogP contribution in [0.1, 0.15) is 18.4 Å². The van der Waals surface area contributed by atoms with Gasteiger partial charge in [0.15, 0.2) is 5.13 Å². The molecule has 3 heterocycles. The first-order chi connectivity index (χ1) is 16.3. The van der Waals surface area contributed by atoms with E-state index in [1.165, 1.54) is 38.7 Å². The summed E-state index contributed by atoms with van der Waals surface area (Å²) in [6.07, 6.45) is 0.949. The molecule has 2 aromatic heterocycles. The maximum absolute atomic E-state index is 14.3. The van der Waals surface area contributed by atoms with Crippen LogP contribution in [-0.4, -0.2) is 36.2 Å². The van der Waals surface area contributed by atoms with Crippen molar-refractivity contribution in [3.8, 4) is 0 Å². The van der Waals surface area contributed by atoms with Gasteiger partial charge in [0.25, 0.3) is 10.0 Å². The van der Waals surface area contributed by atoms with Crippen molar-refractivity contribution in [2.24, 2.45) is 0 Å². The second kappa shape index (κ2) is 9.35. The van der Waals surface area contributed by atoms with E-state index in [1.54, 1.807) is 12.1 Å². The van der Waals surface area contributed by atoms with Crippen molar-refractivity contribution in [2.75, 3.05) is 11.4 Å². The van der Waals surface area contributed by atoms with Gasteiger partial charge in [-0.25, -0.2) is 17.8 Å². The van der Waals surface area contributed by atoms with Gasteiger partial charge in [-0.05, 0) is 42.7 Å². The summed E-state index contributed by atoms with van der Waals surface area (Å²) in [4.78, 5) is 19.8. The molecular weight excluding hydrogens is 517 g/mol. The van der Waals surface area contributed by atoms with Gasteiger partial charge < -0.3 is 0 Å². The molecule has 1 saturated heterocycles. The second-order valence-corrected chi connectivity index (χ2v) is 12.7. The smallest absolute Gasteiger partial charge is 0.253 e. The number of thiazole rings is 1. The van der Waals surface area contributed by atoms with E-state index in [0.717, 1.165) is 16.9 Å². The first-order valence-corrected chi connectivity index (χ1v) is 14.0. The van der Waals surface area contributed by atoms with E-state index in [-0.39, 0.29) is 28.7 Å². The van der Waals surface area contributed by atoms with E-state index in [1.807, 2.05) is 30.3 Å². The second-order valence-electron chi connectivity index (χ2n) is 7.83. The van der Waals surface area contributed by atoms with Crippen LogP contribution >= 0.6 is 34.3 Å². The largest absolute Gasteiger partial charge is 0.282 e. The lowest BCUT2D eigenvalue weighted by molar-refractivity contribution is -0.121. The van der Waals surface area contributed by atoms with Gasteiger partial charge in [-0.1, -0.05) is 59.3 Å². The first kappa shape index (κ1) is 23.4. The van der Waals surface area contributed by atoms with Crippen molar-refractivity contribution in [2.45, 2.75) is 29.6 Å². The molecule has 1 atom stereocenters. The molecular formula is C23H19ClFN3O3S3. The van der Waals surface area contributed by atoms with E-state index in [0.29, 0.717) is 27.0 Å². The Morgan fingerprint density at radius 1 is 1.12 bits per heavy atom. The van der Waals surface area contributed by atoms with E-state index < -0.39 is 21.9 Å². The van der Waals surface area contributed by atoms with Crippen LogP contribution in [0.4, 0.5) is 9.52 Å². The maximum atomic E-state index is 14.3. The Hall–Kier alpha value is -2.37. The summed E-state index contributed by atoms with van der Waals surface area (Å²) in [6, 6.07) is 16.1. The van der Waals surface area contributed by atoms with Crippen LogP contribution in [-0.2, 0) is 21.4 Å². The molecule has 2 aromatic carbocycles. The number of fused-ring (bicyclic) bond motifs is 1. The average Bonchev–Trinajstić information content (AvgIpc) is 3.57. The van der Waals surface area contributed by atoms with Crippen LogP contribution in [0, 0.1) is 5.82 Å². The SMILES string of the molecule is O=C(C1CCCN1S(=O)(=O)c1ccc(Cl)s1)N(Cc1ccccc1)c1nc2c(F)cccc2s1. The normalized spacial score (nSPS) is 16.8. The third-order valence-electron chi connectivity index (χ3n) is 5.64. The van der Waals surface area contributed by atoms with Gasteiger partial charge >= 0.3 is 0 Å². The fourth-order valence-electron chi connectivity index (χ4n) is 4.03. The van der Waals surface area contributed by atoms with Crippen LogP contribution in [0.2, 0.25) is 4.34 Å². The number of rotatable bonds is 6. The Morgan fingerprint density at radius 3 is 2.62 bits per heavy atom. The Labute approximate surface area is 209 Å². The number of para-hydroxylation sites is 1. The Kier molecular flexibility index (Phi) is 6.43. The molecule has 0 saturated carbocycles. The number of amides is 1. The highest BCUT2D eigenvalue weighted by Gasteiger charge is 2.42. The Balaban J connectivity index is 1.53. The summed E-state index contributed by atoms with van der Waals surface area (Å²) < 4.78 is 43.3. The minimum absolute atomic E-state index is 0.105. The number of nitrogens with zero attached hydrogens (tertiary/aromatic N) is 3. The van der Waals surface area contributed by atoms with Gasteiger partial charge in [0.1, 0.15) is 21.6 Å². The monoisotopic (exact) mass is 535 g/mol. The van der Waals surface area contributed by atoms with Crippen LogP contribution in [0.25, 0.3) is 10.2 Å². The zero-order valence-corrected chi connectivity index (χ0v) is 20.9. The van der Waals surface area contributed by atoms with Gasteiger partial charge in [-0.3, -0.25) is 9.69 Å². The highest BCUT2D eigenvalue weighted by molar-refractivity contribution is 7.91. The van der Waals surface area contributed by atoms with Crippen LogP contribution in [0.5, 0.6) is 0 Å². The van der Waals surface area contributed by atoms with Crippen LogP contribution in [0.15, 0.2) is 64.9 Å². The predicted molar refractivity (Wildman–Crippen MR) is 133 cm³/mol. The molecule has 1 aliphatic rings. The topological polar surface area (TPSA) is 70.6 Å². The molecule has 6 nitrogen and oxygen atoms in total. The molecule has 176 valence electrons. The number of thiophene rings is 1. The summed E-state index contributed by atoms with van der Waals surface area (Å²) in [6.45, 7) is 0.429. The van der Waals surface area contributed by atoms with Gasteiger partial charge in [0, 0.05) is 6.54 Å². The van der Waals surface area contributed by atoms with Gasteiger partial charge in [0.2, 0.25) is 5.91 Å². The van der Waals surface area contributed by atoms with E-state index in [9.17, 15) is 17.6 Å². The third kappa shape index (κ3) is 4.36. The summed E-state index contributed by atoms with van der Waals surface area (Å²) >= 11 is 8.14. The lowest BCUT2D eigenvalue weighted by atomic mass is 10.1. The predicted octanol–water partition coefficient (Wildman–Crippen LogP) is 5.54. The van der Waals surface area contributed by atoms with Crippen molar-refractivity contribution in [3.63, 3.8) is 0 Å². The van der Waals surface area contributed by atoms with Gasteiger partial charge in [-0.2, -0.15) is 4.31 Å². The average molecular weight is 536 g/mol. The molecule has 0 aliphatic carbocycles. The highest BCUT2D eigenvalue weighted by atomic mass is 35.5. The molecule has 11 heteroatoms. The number of halogens is 2. The summed E-state index contributed by atoms with van der Waals surface area (Å²) in [5.74, 6) is -0.848. The standard InChI is InChI=1S/C23H19ClFN3O3S3/c24-19-11-12-20(33-19)34(30,31)28-13-5-9-17(28)22(29)27(14-15-6-2-1-3-7-15)23-26-21-16(25)8-4-10-18(21)32-23/h1-4,6-8,10-12,17H,5,9,13-14H2. The fourth-order valence-corrected chi connectivity index (χ4v) is 8.28. The van der Waals surface area contributed by atoms with Crippen molar-refractivity contribution in [1.82, 2.24) is 9.29 Å². The highest BCUT2D eigenvalue weighted by Crippen LogP contribution is 2.36. The molecule has 1 amide bonds. The molecule has 34 heavy (non-hydrogen) atoms. The molecule has 0 spiro atoms. The summed E-state index contributed by atoms with van der Waals surface area (Å²) in [5.41, 5.74) is 1.05. The van der Waals surface area contributed by atoms with E-state index in [4.69, 9.17) is 11.6 Å². The van der Waals surface area contributed by atoms with Crippen LogP contribution < -0.4 is 4.90 Å². The molecule has 1 unspecified atom stereocenters. The number of benzene rings is 2. The van der Waals surface area contributed by atoms with Crippen molar-refractivity contribution in [1.29, 1.82) is 0 Å². The molecule has 4 aromatic rings. The van der Waals surface area contributed by atoms with E-state index in [2.05, 4.69) is 4.98 Å². The number of aromatic nitrogens is 1. The molecule has 0 bridgehead atoms. The Morgan fingerprint density at radius 2 is 1.91 bits per heavy atom. The number of anilines is 1. The first-order valence-electron chi connectivity index (χ1n) is 10.5. The number of sulfonamides is 1. The minimum atomic E-state index is -3.89. The Bertz CT molecular complexity index is 1460. The maximum Gasteiger partial charge on any atom is 0.253 e. The third-order valence-corrected chi connectivity index (χ3v) is 10.3. The zero-order chi connectivity index (χ0) is 23.9. The molecule has 1 aliphatic heterocycles. The number of carbonyl (C=O) groups is 1. The quantitative estimate of drug-likeness (QED) is 0.325. The molecule has 1 fully saturated rings. The minimum Gasteiger partial charge on any atom is -0.282 e. The number of carbonyl (C=O) groups excluding carboxylic acids is 1. The molecule has 0 radical (unpaired) electrons. The number of hydrogen-bond donors (Lipinski definition) is 0. The molecule has 0 N–H and O–H groups in total. The lowest BCUT2D eigenvalue weighted by Gasteiger charge is -2.28. The number of hydrogen-bond acceptors (Lipinski definition) is 6. The van der Waals surface area contributed by atoms with Crippen molar-refractivity contribution < 1.29 is 17.6 Å². The zero-order valence-electron chi connectivity index (χ0n) is 17.7. The van der Waals surface area contributed by atoms with E-state index >= 15 is 0 Å². The summed E-state index contributed by atoms with van der Waals surface area (Å²) in [5, 5.41) is 0.331.